The minimum atomic E-state index is -0.388. The van der Waals surface area contributed by atoms with Crippen LogP contribution < -0.4 is 15.6 Å². The van der Waals surface area contributed by atoms with Crippen LogP contribution in [0.3, 0.4) is 0 Å². The van der Waals surface area contributed by atoms with Gasteiger partial charge in [-0.25, -0.2) is 4.98 Å². The van der Waals surface area contributed by atoms with Crippen molar-refractivity contribution in [3.8, 4) is 5.75 Å². The van der Waals surface area contributed by atoms with E-state index in [2.05, 4.69) is 20.2 Å². The molecule has 29 heavy (non-hydrogen) atoms. The molecule has 0 unspecified atom stereocenters. The fourth-order valence-electron chi connectivity index (χ4n) is 3.96. The van der Waals surface area contributed by atoms with E-state index in [0.717, 1.165) is 37.2 Å². The Morgan fingerprint density at radius 2 is 2.17 bits per heavy atom. The van der Waals surface area contributed by atoms with Crippen molar-refractivity contribution in [2.45, 2.75) is 25.8 Å². The van der Waals surface area contributed by atoms with Crippen molar-refractivity contribution in [1.82, 2.24) is 20.2 Å². The summed E-state index contributed by atoms with van der Waals surface area (Å²) in [6.45, 7) is 4.04. The molecule has 4 rings (SSSR count). The number of aryl methyl sites for hydroxylation is 1. The number of ether oxygens (including phenoxy) is 1. The second-order valence-electron chi connectivity index (χ2n) is 7.19. The van der Waals surface area contributed by atoms with Crippen molar-refractivity contribution >= 4 is 17.0 Å². The average molecular weight is 396 g/mol. The number of methoxy groups -OCH3 is 1. The van der Waals surface area contributed by atoms with Gasteiger partial charge in [0.1, 0.15) is 16.9 Å². The molecule has 0 bridgehead atoms. The Balaban J connectivity index is 1.60. The number of aromatic amines is 1. The number of aromatic nitrogens is 2. The molecule has 0 saturated carbocycles. The van der Waals surface area contributed by atoms with Gasteiger partial charge in [-0.05, 0) is 50.6 Å². The van der Waals surface area contributed by atoms with Gasteiger partial charge < -0.3 is 19.5 Å². The number of carbonyl (C=O) groups is 1. The Kier molecular flexibility index (Phi) is 5.35. The van der Waals surface area contributed by atoms with Crippen LogP contribution in [0.25, 0.3) is 11.1 Å². The maximum atomic E-state index is 13.0. The SMILES string of the molecule is COc1cccc([C@H](CNC(=O)c2c(C)oc3nc[nH]c(=O)c23)N2CCCC2)c1. The largest absolute Gasteiger partial charge is 0.497 e. The Hall–Kier alpha value is -3.13. The highest BCUT2D eigenvalue weighted by atomic mass is 16.5. The number of nitrogens with zero attached hydrogens (tertiary/aromatic N) is 2. The van der Waals surface area contributed by atoms with E-state index in [9.17, 15) is 9.59 Å². The van der Waals surface area contributed by atoms with E-state index in [-0.39, 0.29) is 34.2 Å². The van der Waals surface area contributed by atoms with Gasteiger partial charge in [0.2, 0.25) is 5.71 Å². The predicted octanol–water partition coefficient (Wildman–Crippen LogP) is 2.40. The van der Waals surface area contributed by atoms with Gasteiger partial charge in [0.05, 0.1) is 25.0 Å². The van der Waals surface area contributed by atoms with Crippen LogP contribution in [0.4, 0.5) is 0 Å². The molecule has 3 heterocycles. The van der Waals surface area contributed by atoms with Crippen LogP contribution in [0.1, 0.15) is 40.6 Å². The molecule has 1 atom stereocenters. The number of benzene rings is 1. The monoisotopic (exact) mass is 396 g/mol. The number of rotatable bonds is 6. The van der Waals surface area contributed by atoms with Crippen molar-refractivity contribution in [1.29, 1.82) is 0 Å². The zero-order valence-corrected chi connectivity index (χ0v) is 16.5. The first-order valence-electron chi connectivity index (χ1n) is 9.71. The number of furan rings is 1. The van der Waals surface area contributed by atoms with E-state index in [4.69, 9.17) is 9.15 Å². The zero-order chi connectivity index (χ0) is 20.4. The summed E-state index contributed by atoms with van der Waals surface area (Å²) < 4.78 is 10.9. The van der Waals surface area contributed by atoms with Crippen molar-refractivity contribution in [3.63, 3.8) is 0 Å². The molecule has 2 N–H and O–H groups in total. The minimum Gasteiger partial charge on any atom is -0.497 e. The summed E-state index contributed by atoms with van der Waals surface area (Å²) in [4.78, 5) is 34.0. The predicted molar refractivity (Wildman–Crippen MR) is 108 cm³/mol. The Morgan fingerprint density at radius 3 is 2.93 bits per heavy atom. The second-order valence-corrected chi connectivity index (χ2v) is 7.19. The standard InChI is InChI=1S/C21H24N4O4/c1-13-17(18-20(27)23-12-24-21(18)29-13)19(26)22-11-16(25-8-3-4-9-25)14-6-5-7-15(10-14)28-2/h5-7,10,12,16H,3-4,8-9,11H2,1-2H3,(H,22,26)(H,23,24,27)/t16-/m0/s1. The summed E-state index contributed by atoms with van der Waals surface area (Å²) in [5.74, 6) is 0.819. The van der Waals surface area contributed by atoms with Crippen LogP contribution >= 0.6 is 0 Å². The molecule has 1 fully saturated rings. The molecule has 1 aromatic carbocycles. The van der Waals surface area contributed by atoms with Crippen LogP contribution in [-0.4, -0.2) is 47.5 Å². The second kappa shape index (κ2) is 8.08. The van der Waals surface area contributed by atoms with Crippen molar-refractivity contribution in [3.05, 3.63) is 57.8 Å². The van der Waals surface area contributed by atoms with E-state index in [1.165, 1.54) is 6.33 Å². The Morgan fingerprint density at radius 1 is 1.38 bits per heavy atom. The van der Waals surface area contributed by atoms with Gasteiger partial charge in [-0.15, -0.1) is 0 Å². The number of nitrogens with one attached hydrogen (secondary N) is 2. The van der Waals surface area contributed by atoms with E-state index in [1.807, 2.05) is 24.3 Å². The lowest BCUT2D eigenvalue weighted by Gasteiger charge is -2.28. The number of amides is 1. The fourth-order valence-corrected chi connectivity index (χ4v) is 3.96. The zero-order valence-electron chi connectivity index (χ0n) is 16.5. The Labute approximate surface area is 167 Å². The number of H-pyrrole nitrogens is 1. The number of likely N-dealkylation sites (tertiary alicyclic amines) is 1. The molecule has 0 aliphatic carbocycles. The molecule has 0 radical (unpaired) electrons. The lowest BCUT2D eigenvalue weighted by molar-refractivity contribution is 0.0937. The molecule has 3 aromatic rings. The van der Waals surface area contributed by atoms with Crippen molar-refractivity contribution in [2.75, 3.05) is 26.7 Å². The van der Waals surface area contributed by atoms with E-state index in [1.54, 1.807) is 14.0 Å². The quantitative estimate of drug-likeness (QED) is 0.664. The van der Waals surface area contributed by atoms with Crippen molar-refractivity contribution < 1.29 is 13.9 Å². The third-order valence-electron chi connectivity index (χ3n) is 5.41. The summed E-state index contributed by atoms with van der Waals surface area (Å²) in [5, 5.41) is 3.18. The fraction of sp³-hybridized carbons (Fsp3) is 0.381. The summed E-state index contributed by atoms with van der Waals surface area (Å²) in [5.41, 5.74) is 1.10. The first kappa shape index (κ1) is 19.2. The van der Waals surface area contributed by atoms with Crippen molar-refractivity contribution in [2.24, 2.45) is 0 Å². The van der Waals surface area contributed by atoms with Crippen LogP contribution in [-0.2, 0) is 0 Å². The maximum absolute atomic E-state index is 13.0. The molecule has 1 aliphatic rings. The average Bonchev–Trinajstić information content (AvgIpc) is 3.36. The third-order valence-corrected chi connectivity index (χ3v) is 5.41. The third kappa shape index (κ3) is 3.75. The van der Waals surface area contributed by atoms with Gasteiger partial charge in [-0.1, -0.05) is 12.1 Å². The highest BCUT2D eigenvalue weighted by Crippen LogP contribution is 2.27. The normalized spacial score (nSPS) is 15.5. The lowest BCUT2D eigenvalue weighted by atomic mass is 10.0. The van der Waals surface area contributed by atoms with Crippen LogP contribution in [0, 0.1) is 6.92 Å². The summed E-state index contributed by atoms with van der Waals surface area (Å²) in [6, 6.07) is 7.93. The first-order valence-corrected chi connectivity index (χ1v) is 9.71. The molecule has 152 valence electrons. The van der Waals surface area contributed by atoms with Gasteiger partial charge >= 0.3 is 0 Å². The van der Waals surface area contributed by atoms with Gasteiger partial charge in [0.15, 0.2) is 0 Å². The molecular formula is C21H24N4O4. The minimum absolute atomic E-state index is 0.0198. The Bertz CT molecular complexity index is 1080. The van der Waals surface area contributed by atoms with Crippen LogP contribution in [0.15, 0.2) is 39.8 Å². The van der Waals surface area contributed by atoms with Crippen LogP contribution in [0.5, 0.6) is 5.75 Å². The maximum Gasteiger partial charge on any atom is 0.262 e. The molecular weight excluding hydrogens is 372 g/mol. The summed E-state index contributed by atoms with van der Waals surface area (Å²) in [6.07, 6.45) is 3.54. The number of carbonyl (C=O) groups excluding carboxylic acids is 1. The highest BCUT2D eigenvalue weighted by molar-refractivity contribution is 6.06. The van der Waals surface area contributed by atoms with Gasteiger partial charge in [-0.2, -0.15) is 0 Å². The number of hydrogen-bond acceptors (Lipinski definition) is 6. The van der Waals surface area contributed by atoms with Gasteiger partial charge in [0.25, 0.3) is 11.5 Å². The molecule has 1 amide bonds. The topological polar surface area (TPSA) is 100 Å². The molecule has 1 saturated heterocycles. The smallest absolute Gasteiger partial charge is 0.262 e. The van der Waals surface area contributed by atoms with Gasteiger partial charge in [0, 0.05) is 6.54 Å². The van der Waals surface area contributed by atoms with Crippen LogP contribution in [0.2, 0.25) is 0 Å². The summed E-state index contributed by atoms with van der Waals surface area (Å²) in [7, 11) is 1.64. The number of fused-ring (bicyclic) bond motifs is 1. The molecule has 0 spiro atoms. The van der Waals surface area contributed by atoms with E-state index >= 15 is 0 Å². The lowest BCUT2D eigenvalue weighted by Crippen LogP contribution is -2.37. The molecule has 8 nitrogen and oxygen atoms in total. The molecule has 2 aromatic heterocycles. The summed E-state index contributed by atoms with van der Waals surface area (Å²) >= 11 is 0. The molecule has 1 aliphatic heterocycles. The number of hydrogen-bond donors (Lipinski definition) is 2. The highest BCUT2D eigenvalue weighted by Gasteiger charge is 2.26. The molecule has 8 heteroatoms. The first-order chi connectivity index (χ1) is 14.1. The van der Waals surface area contributed by atoms with E-state index < -0.39 is 0 Å². The van der Waals surface area contributed by atoms with E-state index in [0.29, 0.717) is 12.3 Å². The van der Waals surface area contributed by atoms with Gasteiger partial charge in [-0.3, -0.25) is 14.5 Å².